The lowest BCUT2D eigenvalue weighted by Gasteiger charge is -2.13. The van der Waals surface area contributed by atoms with Gasteiger partial charge in [-0.3, -0.25) is 14.9 Å². The van der Waals surface area contributed by atoms with Crippen molar-refractivity contribution in [2.24, 2.45) is 0 Å². The first-order chi connectivity index (χ1) is 13.1. The van der Waals surface area contributed by atoms with E-state index in [1.54, 1.807) is 60.7 Å². The summed E-state index contributed by atoms with van der Waals surface area (Å²) in [6.45, 7) is 0. The molecule has 0 radical (unpaired) electrons. The van der Waals surface area contributed by atoms with Gasteiger partial charge in [-0.2, -0.15) is 0 Å². The Kier molecular flexibility index (Phi) is 5.91. The van der Waals surface area contributed by atoms with Crippen molar-refractivity contribution in [2.75, 3.05) is 10.6 Å². The maximum Gasteiger partial charge on any atom is 0.257 e. The molecule has 3 aromatic carbocycles. The third-order valence-electron chi connectivity index (χ3n) is 3.71. The lowest BCUT2D eigenvalue weighted by atomic mass is 10.1. The Bertz CT molecular complexity index is 959. The van der Waals surface area contributed by atoms with Gasteiger partial charge in [-0.25, -0.2) is 0 Å². The summed E-state index contributed by atoms with van der Waals surface area (Å²) in [7, 11) is 0. The minimum Gasteiger partial charge on any atom is -0.332 e. The number of carbonyl (C=O) groups is 2. The van der Waals surface area contributed by atoms with Gasteiger partial charge in [0.05, 0.1) is 11.3 Å². The Morgan fingerprint density at radius 2 is 1.26 bits per heavy atom. The van der Waals surface area contributed by atoms with Crippen LogP contribution in [0.15, 0.2) is 84.9 Å². The number of para-hydroxylation sites is 2. The molecule has 0 aliphatic carbocycles. The maximum absolute atomic E-state index is 12.6. The molecule has 0 unspecified atom stereocenters. The topological polar surface area (TPSA) is 70.2 Å². The Morgan fingerprint density at radius 3 is 1.96 bits per heavy atom. The van der Waals surface area contributed by atoms with Gasteiger partial charge in [0.1, 0.15) is 0 Å². The maximum atomic E-state index is 12.6. The summed E-state index contributed by atoms with van der Waals surface area (Å²) in [5, 5.41) is 8.47. The first-order valence-electron chi connectivity index (χ1n) is 8.26. The third kappa shape index (κ3) is 4.99. The normalized spacial score (nSPS) is 9.93. The van der Waals surface area contributed by atoms with Crippen molar-refractivity contribution in [1.29, 1.82) is 0 Å². The number of rotatable bonds is 4. The van der Waals surface area contributed by atoms with Crippen LogP contribution in [-0.2, 0) is 0 Å². The van der Waals surface area contributed by atoms with Gasteiger partial charge >= 0.3 is 0 Å². The number of nitrogens with one attached hydrogen (secondary N) is 3. The van der Waals surface area contributed by atoms with E-state index >= 15 is 0 Å². The Morgan fingerprint density at radius 1 is 0.667 bits per heavy atom. The minimum absolute atomic E-state index is 0.115. The quantitative estimate of drug-likeness (QED) is 0.601. The molecule has 0 saturated heterocycles. The van der Waals surface area contributed by atoms with E-state index in [0.717, 1.165) is 0 Å². The molecular weight excluding hydrogens is 358 g/mol. The number of hydrogen-bond acceptors (Lipinski definition) is 3. The molecule has 0 aromatic heterocycles. The van der Waals surface area contributed by atoms with Crippen molar-refractivity contribution in [3.63, 3.8) is 0 Å². The average molecular weight is 375 g/mol. The van der Waals surface area contributed by atoms with E-state index in [-0.39, 0.29) is 16.9 Å². The molecule has 2 amide bonds. The highest BCUT2D eigenvalue weighted by molar-refractivity contribution is 7.80. The number of benzene rings is 3. The summed E-state index contributed by atoms with van der Waals surface area (Å²) in [4.78, 5) is 24.8. The molecule has 0 heterocycles. The van der Waals surface area contributed by atoms with E-state index in [4.69, 9.17) is 12.2 Å². The fourth-order valence-electron chi connectivity index (χ4n) is 2.43. The average Bonchev–Trinajstić information content (AvgIpc) is 2.69. The van der Waals surface area contributed by atoms with Crippen molar-refractivity contribution in [1.82, 2.24) is 5.32 Å². The van der Waals surface area contributed by atoms with Gasteiger partial charge in [-0.05, 0) is 48.6 Å². The van der Waals surface area contributed by atoms with E-state index in [1.807, 2.05) is 24.3 Å². The van der Waals surface area contributed by atoms with Gasteiger partial charge in [0.2, 0.25) is 0 Å². The van der Waals surface area contributed by atoms with Crippen LogP contribution in [0.5, 0.6) is 0 Å². The highest BCUT2D eigenvalue weighted by atomic mass is 32.1. The van der Waals surface area contributed by atoms with E-state index in [1.165, 1.54) is 0 Å². The van der Waals surface area contributed by atoms with Crippen molar-refractivity contribution >= 4 is 40.5 Å². The van der Waals surface area contributed by atoms with Crippen LogP contribution in [0.3, 0.4) is 0 Å². The Balaban J connectivity index is 1.69. The molecule has 0 aliphatic heterocycles. The van der Waals surface area contributed by atoms with Gasteiger partial charge < -0.3 is 10.6 Å². The zero-order valence-electron chi connectivity index (χ0n) is 14.3. The van der Waals surface area contributed by atoms with E-state index < -0.39 is 0 Å². The minimum atomic E-state index is -0.320. The van der Waals surface area contributed by atoms with E-state index in [9.17, 15) is 9.59 Å². The van der Waals surface area contributed by atoms with Crippen LogP contribution in [-0.4, -0.2) is 16.9 Å². The highest BCUT2D eigenvalue weighted by Gasteiger charge is 2.13. The molecule has 3 N–H and O–H groups in total. The lowest BCUT2D eigenvalue weighted by molar-refractivity contribution is 0.0976. The molecule has 0 saturated carbocycles. The summed E-state index contributed by atoms with van der Waals surface area (Å²) in [5.41, 5.74) is 2.11. The SMILES string of the molecule is O=C(NC(=S)Nc1ccccc1C(=O)Nc1ccccc1)c1ccccc1. The molecule has 3 rings (SSSR count). The van der Waals surface area contributed by atoms with Crippen LogP contribution < -0.4 is 16.0 Å². The van der Waals surface area contributed by atoms with Gasteiger partial charge in [0.25, 0.3) is 11.8 Å². The number of hydrogen-bond donors (Lipinski definition) is 3. The van der Waals surface area contributed by atoms with Crippen molar-refractivity contribution in [3.05, 3.63) is 96.1 Å². The van der Waals surface area contributed by atoms with Crippen molar-refractivity contribution in [3.8, 4) is 0 Å². The summed E-state index contributed by atoms with van der Waals surface area (Å²) in [6, 6.07) is 24.9. The molecule has 0 spiro atoms. The van der Waals surface area contributed by atoms with Crippen LogP contribution in [0.2, 0.25) is 0 Å². The molecular formula is C21H17N3O2S. The predicted molar refractivity (Wildman–Crippen MR) is 111 cm³/mol. The molecule has 134 valence electrons. The van der Waals surface area contributed by atoms with Crippen molar-refractivity contribution < 1.29 is 9.59 Å². The number of carbonyl (C=O) groups excluding carboxylic acids is 2. The Hall–Kier alpha value is -3.51. The predicted octanol–water partition coefficient (Wildman–Crippen LogP) is 4.07. The zero-order chi connectivity index (χ0) is 19.1. The number of anilines is 2. The van der Waals surface area contributed by atoms with Gasteiger partial charge in [0.15, 0.2) is 5.11 Å². The molecule has 27 heavy (non-hydrogen) atoms. The molecule has 0 bridgehead atoms. The highest BCUT2D eigenvalue weighted by Crippen LogP contribution is 2.17. The van der Waals surface area contributed by atoms with Crippen LogP contribution >= 0.6 is 12.2 Å². The summed E-state index contributed by atoms with van der Waals surface area (Å²) in [5.74, 6) is -0.596. The number of thiocarbonyl (C=S) groups is 1. The van der Waals surface area contributed by atoms with E-state index in [0.29, 0.717) is 22.5 Å². The summed E-state index contributed by atoms with van der Waals surface area (Å²) < 4.78 is 0. The molecule has 0 aliphatic rings. The number of amides is 2. The second-order valence-electron chi connectivity index (χ2n) is 5.64. The molecule has 5 nitrogen and oxygen atoms in total. The van der Waals surface area contributed by atoms with Crippen LogP contribution in [0, 0.1) is 0 Å². The monoisotopic (exact) mass is 375 g/mol. The summed E-state index contributed by atoms with van der Waals surface area (Å²) >= 11 is 5.21. The fraction of sp³-hybridized carbons (Fsp3) is 0. The van der Waals surface area contributed by atoms with E-state index in [2.05, 4.69) is 16.0 Å². The molecule has 3 aromatic rings. The summed E-state index contributed by atoms with van der Waals surface area (Å²) in [6.07, 6.45) is 0. The molecule has 0 fully saturated rings. The largest absolute Gasteiger partial charge is 0.332 e. The molecule has 0 atom stereocenters. The van der Waals surface area contributed by atoms with Gasteiger partial charge in [-0.15, -0.1) is 0 Å². The first kappa shape index (κ1) is 18.3. The lowest BCUT2D eigenvalue weighted by Crippen LogP contribution is -2.34. The molecule has 6 heteroatoms. The van der Waals surface area contributed by atoms with Crippen molar-refractivity contribution in [2.45, 2.75) is 0 Å². The van der Waals surface area contributed by atoms with Crippen LogP contribution in [0.25, 0.3) is 0 Å². The smallest absolute Gasteiger partial charge is 0.257 e. The van der Waals surface area contributed by atoms with Crippen LogP contribution in [0.1, 0.15) is 20.7 Å². The second-order valence-corrected chi connectivity index (χ2v) is 6.05. The van der Waals surface area contributed by atoms with Crippen LogP contribution in [0.4, 0.5) is 11.4 Å². The second kappa shape index (κ2) is 8.73. The van der Waals surface area contributed by atoms with Gasteiger partial charge in [0, 0.05) is 11.3 Å². The standard InChI is InChI=1S/C21H17N3O2S/c25-19(15-9-3-1-4-10-15)24-21(27)23-18-14-8-7-13-17(18)20(26)22-16-11-5-2-6-12-16/h1-14H,(H,22,26)(H2,23,24,25,27). The fourth-order valence-corrected chi connectivity index (χ4v) is 2.63. The van der Waals surface area contributed by atoms with Gasteiger partial charge in [-0.1, -0.05) is 48.5 Å². The zero-order valence-corrected chi connectivity index (χ0v) is 15.1. The Labute approximate surface area is 162 Å². The first-order valence-corrected chi connectivity index (χ1v) is 8.67. The third-order valence-corrected chi connectivity index (χ3v) is 3.92.